The number of carbonyl (C=O) groups is 1. The number of hydrogen-bond acceptors (Lipinski definition) is 5. The fourth-order valence-electron chi connectivity index (χ4n) is 2.32. The average molecular weight is 306 g/mol. The molecule has 1 N–H and O–H groups in total. The molecule has 0 saturated carbocycles. The largest absolute Gasteiger partial charge is 0.459 e. The molecule has 0 bridgehead atoms. The van der Waals surface area contributed by atoms with E-state index in [2.05, 4.69) is 10.3 Å². The summed E-state index contributed by atoms with van der Waals surface area (Å²) in [6.07, 6.45) is 4.68. The Bertz CT molecular complexity index is 606. The van der Waals surface area contributed by atoms with Gasteiger partial charge in [-0.15, -0.1) is 11.8 Å². The Balaban J connectivity index is 1.66. The van der Waals surface area contributed by atoms with Crippen LogP contribution in [0.5, 0.6) is 0 Å². The first-order valence-electron chi connectivity index (χ1n) is 7.13. The number of furan rings is 1. The second kappa shape index (κ2) is 6.39. The number of amides is 1. The number of thioether (sulfide) groups is 1. The Hall–Kier alpha value is -1.69. The molecule has 2 aromatic rings. The lowest BCUT2D eigenvalue weighted by atomic mass is 10.2. The molecule has 1 saturated heterocycles. The van der Waals surface area contributed by atoms with Gasteiger partial charge in [0.15, 0.2) is 5.76 Å². The van der Waals surface area contributed by atoms with Crippen molar-refractivity contribution in [2.75, 3.05) is 6.54 Å². The van der Waals surface area contributed by atoms with E-state index < -0.39 is 0 Å². The van der Waals surface area contributed by atoms with Gasteiger partial charge in [-0.3, -0.25) is 4.79 Å². The summed E-state index contributed by atoms with van der Waals surface area (Å²) in [4.78, 5) is 16.4. The zero-order valence-corrected chi connectivity index (χ0v) is 12.7. The van der Waals surface area contributed by atoms with Crippen molar-refractivity contribution in [3.05, 3.63) is 29.9 Å². The summed E-state index contributed by atoms with van der Waals surface area (Å²) in [6.45, 7) is 2.68. The Morgan fingerprint density at radius 1 is 1.48 bits per heavy atom. The van der Waals surface area contributed by atoms with Crippen molar-refractivity contribution in [3.8, 4) is 11.7 Å². The maximum Gasteiger partial charge on any atom is 0.263 e. The van der Waals surface area contributed by atoms with Gasteiger partial charge in [-0.25, -0.2) is 4.98 Å². The Kier molecular flexibility index (Phi) is 4.34. The molecule has 2 aromatic heterocycles. The molecule has 1 amide bonds. The van der Waals surface area contributed by atoms with Crippen LogP contribution < -0.4 is 5.32 Å². The number of oxazole rings is 1. The third-order valence-corrected chi connectivity index (χ3v) is 4.82. The van der Waals surface area contributed by atoms with Crippen LogP contribution in [0.15, 0.2) is 27.2 Å². The highest BCUT2D eigenvalue weighted by molar-refractivity contribution is 7.99. The lowest BCUT2D eigenvalue weighted by Crippen LogP contribution is -2.30. The van der Waals surface area contributed by atoms with Gasteiger partial charge in [0.2, 0.25) is 5.91 Å². The second-order valence-corrected chi connectivity index (χ2v) is 6.28. The Morgan fingerprint density at radius 2 is 2.38 bits per heavy atom. The molecule has 1 atom stereocenters. The smallest absolute Gasteiger partial charge is 0.263 e. The highest BCUT2D eigenvalue weighted by atomic mass is 32.2. The summed E-state index contributed by atoms with van der Waals surface area (Å²) in [5, 5.41) is 2.96. The van der Waals surface area contributed by atoms with Crippen LogP contribution in [0, 0.1) is 6.92 Å². The molecule has 1 fully saturated rings. The van der Waals surface area contributed by atoms with E-state index in [0.717, 1.165) is 37.3 Å². The number of aryl methyl sites for hydroxylation is 1. The van der Waals surface area contributed by atoms with Gasteiger partial charge in [-0.05, 0) is 31.9 Å². The first-order valence-corrected chi connectivity index (χ1v) is 8.18. The zero-order chi connectivity index (χ0) is 14.7. The third-order valence-electron chi connectivity index (χ3n) is 3.53. The van der Waals surface area contributed by atoms with Gasteiger partial charge in [-0.2, -0.15) is 0 Å². The van der Waals surface area contributed by atoms with E-state index in [1.807, 2.05) is 13.0 Å². The summed E-state index contributed by atoms with van der Waals surface area (Å²) >= 11 is 1.63. The standard InChI is InChI=1S/C15H18N2O3S/c1-10-11(17-15(20-10)12-5-4-8-19-12)9-21-13-6-2-3-7-16-14(13)18/h4-5,8,13H,2-3,6-7,9H2,1H3,(H,16,18)/t13-/m1/s1. The van der Waals surface area contributed by atoms with Gasteiger partial charge in [0, 0.05) is 12.3 Å². The molecule has 1 aliphatic heterocycles. The lowest BCUT2D eigenvalue weighted by Gasteiger charge is -2.11. The number of rotatable bonds is 4. The molecular weight excluding hydrogens is 288 g/mol. The molecule has 6 heteroatoms. The van der Waals surface area contributed by atoms with Crippen LogP contribution in [-0.4, -0.2) is 22.7 Å². The van der Waals surface area contributed by atoms with Gasteiger partial charge in [0.05, 0.1) is 17.2 Å². The number of nitrogens with one attached hydrogen (secondary N) is 1. The predicted octanol–water partition coefficient (Wildman–Crippen LogP) is 3.14. The van der Waals surface area contributed by atoms with Crippen molar-refractivity contribution >= 4 is 17.7 Å². The third kappa shape index (κ3) is 3.32. The van der Waals surface area contributed by atoms with Gasteiger partial charge in [0.25, 0.3) is 5.89 Å². The number of hydrogen-bond donors (Lipinski definition) is 1. The highest BCUT2D eigenvalue weighted by Gasteiger charge is 2.22. The maximum absolute atomic E-state index is 11.9. The number of carbonyl (C=O) groups excluding carboxylic acids is 1. The fourth-order valence-corrected chi connectivity index (χ4v) is 3.51. The van der Waals surface area contributed by atoms with Crippen molar-refractivity contribution in [3.63, 3.8) is 0 Å². The van der Waals surface area contributed by atoms with Crippen molar-refractivity contribution in [2.24, 2.45) is 0 Å². The average Bonchev–Trinajstić information content (AvgIpc) is 3.07. The first kappa shape index (κ1) is 14.3. The van der Waals surface area contributed by atoms with Gasteiger partial charge < -0.3 is 14.2 Å². The minimum Gasteiger partial charge on any atom is -0.459 e. The van der Waals surface area contributed by atoms with Crippen LogP contribution in [0.3, 0.4) is 0 Å². The molecule has 5 nitrogen and oxygen atoms in total. The quantitative estimate of drug-likeness (QED) is 0.939. The first-order chi connectivity index (χ1) is 10.2. The molecular formula is C15H18N2O3S. The van der Waals surface area contributed by atoms with Crippen molar-refractivity contribution in [1.29, 1.82) is 0 Å². The molecule has 0 radical (unpaired) electrons. The highest BCUT2D eigenvalue weighted by Crippen LogP contribution is 2.28. The summed E-state index contributed by atoms with van der Waals surface area (Å²) in [5.74, 6) is 2.72. The minimum absolute atomic E-state index is 0.00987. The molecule has 1 aliphatic rings. The van der Waals surface area contributed by atoms with E-state index >= 15 is 0 Å². The van der Waals surface area contributed by atoms with E-state index in [-0.39, 0.29) is 11.2 Å². The SMILES string of the molecule is Cc1oc(-c2ccco2)nc1CS[C@@H]1CCCCNC1=O. The monoisotopic (exact) mass is 306 g/mol. The number of aromatic nitrogens is 1. The molecule has 112 valence electrons. The van der Waals surface area contributed by atoms with Crippen LogP contribution in [0.1, 0.15) is 30.7 Å². The van der Waals surface area contributed by atoms with Crippen LogP contribution in [0.4, 0.5) is 0 Å². The van der Waals surface area contributed by atoms with E-state index in [1.165, 1.54) is 0 Å². The molecule has 0 unspecified atom stereocenters. The summed E-state index contributed by atoms with van der Waals surface area (Å²) in [5.41, 5.74) is 0.878. The summed E-state index contributed by atoms with van der Waals surface area (Å²) < 4.78 is 10.9. The van der Waals surface area contributed by atoms with Crippen molar-refractivity contribution < 1.29 is 13.6 Å². The predicted molar refractivity (Wildman–Crippen MR) is 80.9 cm³/mol. The van der Waals surface area contributed by atoms with E-state index in [4.69, 9.17) is 8.83 Å². The van der Waals surface area contributed by atoms with E-state index in [0.29, 0.717) is 17.4 Å². The van der Waals surface area contributed by atoms with Crippen LogP contribution in [0.25, 0.3) is 11.7 Å². The normalized spacial score (nSPS) is 19.3. The topological polar surface area (TPSA) is 68.3 Å². The van der Waals surface area contributed by atoms with Crippen molar-refractivity contribution in [1.82, 2.24) is 10.3 Å². The van der Waals surface area contributed by atoms with Crippen LogP contribution in [-0.2, 0) is 10.5 Å². The second-order valence-electron chi connectivity index (χ2n) is 5.09. The molecule has 3 heterocycles. The summed E-state index contributed by atoms with van der Waals surface area (Å²) in [6, 6.07) is 3.63. The molecule has 21 heavy (non-hydrogen) atoms. The van der Waals surface area contributed by atoms with Crippen molar-refractivity contribution in [2.45, 2.75) is 37.2 Å². The maximum atomic E-state index is 11.9. The van der Waals surface area contributed by atoms with Gasteiger partial charge in [-0.1, -0.05) is 6.42 Å². The Morgan fingerprint density at radius 3 is 3.19 bits per heavy atom. The van der Waals surface area contributed by atoms with Gasteiger partial charge in [0.1, 0.15) is 5.76 Å². The molecule has 3 rings (SSSR count). The zero-order valence-electron chi connectivity index (χ0n) is 11.9. The molecule has 0 aliphatic carbocycles. The van der Waals surface area contributed by atoms with Gasteiger partial charge >= 0.3 is 0 Å². The summed E-state index contributed by atoms with van der Waals surface area (Å²) in [7, 11) is 0. The van der Waals surface area contributed by atoms with E-state index in [1.54, 1.807) is 24.1 Å². The fraction of sp³-hybridized carbons (Fsp3) is 0.467. The number of nitrogens with zero attached hydrogens (tertiary/aromatic N) is 1. The van der Waals surface area contributed by atoms with E-state index in [9.17, 15) is 4.79 Å². The van der Waals surface area contributed by atoms with Crippen LogP contribution in [0.2, 0.25) is 0 Å². The molecule has 0 spiro atoms. The minimum atomic E-state index is 0.00987. The molecule has 0 aromatic carbocycles. The Labute approximate surface area is 127 Å². The van der Waals surface area contributed by atoms with Crippen LogP contribution >= 0.6 is 11.8 Å². The lowest BCUT2D eigenvalue weighted by molar-refractivity contribution is -0.120.